The third-order valence-corrected chi connectivity index (χ3v) is 11.0. The molecule has 6 aromatic carbocycles. The summed E-state index contributed by atoms with van der Waals surface area (Å²) in [4.78, 5) is 13.9. The molecule has 2 nitrogen and oxygen atoms in total. The van der Waals surface area contributed by atoms with E-state index in [4.69, 9.17) is 4.74 Å². The predicted octanol–water partition coefficient (Wildman–Crippen LogP) is 11.1. The Balaban J connectivity index is 1.34. The summed E-state index contributed by atoms with van der Waals surface area (Å²) in [6.07, 6.45) is 2.42. The van der Waals surface area contributed by atoms with Crippen LogP contribution in [0.2, 0.25) is 0 Å². The van der Waals surface area contributed by atoms with E-state index in [-0.39, 0.29) is 17.3 Å². The van der Waals surface area contributed by atoms with Crippen molar-refractivity contribution in [1.82, 2.24) is 0 Å². The molecule has 8 rings (SSSR count). The van der Waals surface area contributed by atoms with Crippen molar-refractivity contribution in [3.8, 4) is 28.0 Å². The average molecular weight is 625 g/mol. The maximum atomic E-state index is 13.9. The van der Waals surface area contributed by atoms with E-state index in [1.807, 2.05) is 37.3 Å². The van der Waals surface area contributed by atoms with Gasteiger partial charge in [-0.05, 0) is 87.4 Å². The molecule has 0 aromatic heterocycles. The molecule has 236 valence electrons. The zero-order chi connectivity index (χ0) is 32.7. The number of hydrogen-bond acceptors (Lipinski definition) is 2. The highest BCUT2D eigenvalue weighted by Crippen LogP contribution is 2.63. The number of esters is 1. The van der Waals surface area contributed by atoms with Crippen LogP contribution in [-0.4, -0.2) is 5.97 Å². The van der Waals surface area contributed by atoms with Crippen LogP contribution in [0.25, 0.3) is 22.3 Å². The second kappa shape index (κ2) is 12.1. The molecule has 6 aromatic rings. The first-order valence-corrected chi connectivity index (χ1v) is 17.2. The van der Waals surface area contributed by atoms with Crippen molar-refractivity contribution in [1.29, 1.82) is 0 Å². The minimum absolute atomic E-state index is 0.193. The summed E-state index contributed by atoms with van der Waals surface area (Å²) in [5.74, 6) is 0.346. The fraction of sp³-hybridized carbons (Fsp3) is 0.196. The van der Waals surface area contributed by atoms with Crippen molar-refractivity contribution in [3.05, 3.63) is 186 Å². The molecule has 0 saturated heterocycles. The van der Waals surface area contributed by atoms with Gasteiger partial charge >= 0.3 is 5.97 Å². The molecule has 2 atom stereocenters. The first kappa shape index (κ1) is 30.1. The molecule has 2 aliphatic rings. The Hall–Kier alpha value is -5.21. The number of carbonyl (C=O) groups excluding carboxylic acids is 1. The molecular formula is C46H40O2. The van der Waals surface area contributed by atoms with Crippen LogP contribution in [0.4, 0.5) is 0 Å². The number of ether oxygens (including phenoxy) is 1. The van der Waals surface area contributed by atoms with Gasteiger partial charge in [0, 0.05) is 10.8 Å². The lowest BCUT2D eigenvalue weighted by Crippen LogP contribution is -2.40. The summed E-state index contributed by atoms with van der Waals surface area (Å²) >= 11 is 0. The highest BCUT2D eigenvalue weighted by atomic mass is 16.5. The van der Waals surface area contributed by atoms with Crippen molar-refractivity contribution in [2.45, 2.75) is 49.9 Å². The lowest BCUT2D eigenvalue weighted by atomic mass is 9.58. The SMILES string of the molecule is CC(CC1(CC2(CC(C)c3ccccc3)c3ccccc3-c3ccccc32)c2ccccc2-c2ccccc21)C(=O)Oc1ccccc1. The number of benzene rings is 6. The third kappa shape index (κ3) is 4.90. The van der Waals surface area contributed by atoms with Gasteiger partial charge in [-0.1, -0.05) is 159 Å². The van der Waals surface area contributed by atoms with Crippen LogP contribution in [0.1, 0.15) is 66.8 Å². The van der Waals surface area contributed by atoms with Crippen LogP contribution in [0, 0.1) is 5.92 Å². The summed E-state index contributed by atoms with van der Waals surface area (Å²) in [6, 6.07) is 56.2. The third-order valence-electron chi connectivity index (χ3n) is 11.0. The van der Waals surface area contributed by atoms with Crippen LogP contribution < -0.4 is 4.74 Å². The van der Waals surface area contributed by atoms with Crippen molar-refractivity contribution < 1.29 is 9.53 Å². The molecule has 48 heavy (non-hydrogen) atoms. The van der Waals surface area contributed by atoms with Crippen LogP contribution in [0.3, 0.4) is 0 Å². The predicted molar refractivity (Wildman–Crippen MR) is 195 cm³/mol. The largest absolute Gasteiger partial charge is 0.426 e. The second-order valence-electron chi connectivity index (χ2n) is 13.9. The van der Waals surface area contributed by atoms with Gasteiger partial charge in [0.1, 0.15) is 5.75 Å². The Kier molecular flexibility index (Phi) is 7.60. The van der Waals surface area contributed by atoms with Gasteiger partial charge in [-0.2, -0.15) is 0 Å². The molecule has 0 spiro atoms. The molecule has 2 unspecified atom stereocenters. The van der Waals surface area contributed by atoms with Crippen molar-refractivity contribution in [3.63, 3.8) is 0 Å². The lowest BCUT2D eigenvalue weighted by molar-refractivity contribution is -0.139. The second-order valence-corrected chi connectivity index (χ2v) is 13.9. The fourth-order valence-electron chi connectivity index (χ4n) is 9.04. The van der Waals surface area contributed by atoms with Gasteiger partial charge in [-0.3, -0.25) is 4.79 Å². The molecule has 0 aliphatic heterocycles. The highest BCUT2D eigenvalue weighted by Gasteiger charge is 2.54. The van der Waals surface area contributed by atoms with Gasteiger partial charge < -0.3 is 4.74 Å². The molecule has 0 N–H and O–H groups in total. The number of carbonyl (C=O) groups is 1. The van der Waals surface area contributed by atoms with E-state index >= 15 is 0 Å². The number of rotatable bonds is 9. The normalized spacial score (nSPS) is 15.8. The average Bonchev–Trinajstić information content (AvgIpc) is 3.56. The van der Waals surface area contributed by atoms with Crippen LogP contribution in [-0.2, 0) is 15.6 Å². The molecule has 0 saturated carbocycles. The van der Waals surface area contributed by atoms with E-state index in [2.05, 4.69) is 134 Å². The Labute approximate surface area is 284 Å². The minimum Gasteiger partial charge on any atom is -0.426 e. The molecule has 2 aliphatic carbocycles. The number of para-hydroxylation sites is 1. The first-order valence-electron chi connectivity index (χ1n) is 17.2. The summed E-state index contributed by atoms with van der Waals surface area (Å²) in [5.41, 5.74) is 11.1. The topological polar surface area (TPSA) is 26.3 Å². The summed E-state index contributed by atoms with van der Waals surface area (Å²) in [7, 11) is 0. The minimum atomic E-state index is -0.441. The van der Waals surface area contributed by atoms with Crippen molar-refractivity contribution >= 4 is 5.97 Å². The number of fused-ring (bicyclic) bond motifs is 6. The first-order chi connectivity index (χ1) is 23.5. The van der Waals surface area contributed by atoms with E-state index in [0.717, 1.165) is 12.8 Å². The maximum absolute atomic E-state index is 13.9. The summed E-state index contributed by atoms with van der Waals surface area (Å²) in [6.45, 7) is 4.43. The standard InChI is InChI=1S/C46H40O2/c1-32(34-17-5-3-6-18-34)29-45(40-25-13-9-21-36(40)37-22-10-14-26-41(37)45)31-46(30-33(2)44(47)48-35-19-7-4-8-20-35)42-27-15-11-23-38(42)39-24-12-16-28-43(39)46/h3-28,32-33H,29-31H2,1-2H3. The molecule has 0 amide bonds. The van der Waals surface area contributed by atoms with Gasteiger partial charge in [-0.15, -0.1) is 0 Å². The molecule has 0 bridgehead atoms. The smallest absolute Gasteiger partial charge is 0.314 e. The van der Waals surface area contributed by atoms with Gasteiger partial charge in [-0.25, -0.2) is 0 Å². The zero-order valence-corrected chi connectivity index (χ0v) is 27.6. The summed E-state index contributed by atoms with van der Waals surface area (Å²) < 4.78 is 6.00. The highest BCUT2D eigenvalue weighted by molar-refractivity contribution is 5.85. The van der Waals surface area contributed by atoms with Crippen LogP contribution >= 0.6 is 0 Å². The monoisotopic (exact) mass is 624 g/mol. The molecule has 2 heteroatoms. The molecule has 0 fully saturated rings. The molecular weight excluding hydrogens is 585 g/mol. The van der Waals surface area contributed by atoms with E-state index in [1.165, 1.54) is 50.1 Å². The van der Waals surface area contributed by atoms with E-state index in [1.54, 1.807) is 0 Å². The maximum Gasteiger partial charge on any atom is 0.314 e. The Morgan fingerprint density at radius 3 is 1.33 bits per heavy atom. The van der Waals surface area contributed by atoms with Crippen molar-refractivity contribution in [2.75, 3.05) is 0 Å². The van der Waals surface area contributed by atoms with Gasteiger partial charge in [0.05, 0.1) is 5.92 Å². The Morgan fingerprint density at radius 1 is 0.500 bits per heavy atom. The quantitative estimate of drug-likeness (QED) is 0.118. The fourth-order valence-corrected chi connectivity index (χ4v) is 9.04. The Morgan fingerprint density at radius 2 is 0.875 bits per heavy atom. The van der Waals surface area contributed by atoms with Gasteiger partial charge in [0.25, 0.3) is 0 Å². The van der Waals surface area contributed by atoms with Crippen molar-refractivity contribution in [2.24, 2.45) is 5.92 Å². The molecule has 0 heterocycles. The lowest BCUT2D eigenvalue weighted by Gasteiger charge is -2.44. The zero-order valence-electron chi connectivity index (χ0n) is 27.6. The van der Waals surface area contributed by atoms with E-state index in [9.17, 15) is 4.79 Å². The van der Waals surface area contributed by atoms with E-state index in [0.29, 0.717) is 18.1 Å². The van der Waals surface area contributed by atoms with E-state index < -0.39 is 5.41 Å². The van der Waals surface area contributed by atoms with Crippen LogP contribution in [0.5, 0.6) is 5.75 Å². The van der Waals surface area contributed by atoms with Crippen LogP contribution in [0.15, 0.2) is 158 Å². The Bertz CT molecular complexity index is 2000. The number of hydrogen-bond donors (Lipinski definition) is 0. The molecule has 0 radical (unpaired) electrons. The van der Waals surface area contributed by atoms with Gasteiger partial charge in [0.2, 0.25) is 0 Å². The van der Waals surface area contributed by atoms with Gasteiger partial charge in [0.15, 0.2) is 0 Å². The summed E-state index contributed by atoms with van der Waals surface area (Å²) in [5, 5.41) is 0.